The molecule has 0 saturated heterocycles. The summed E-state index contributed by atoms with van der Waals surface area (Å²) in [5, 5.41) is 4.81. The van der Waals surface area contributed by atoms with Gasteiger partial charge in [-0.1, -0.05) is 48.5 Å². The van der Waals surface area contributed by atoms with Crippen LogP contribution in [0.15, 0.2) is 65.5 Å². The lowest BCUT2D eigenvalue weighted by atomic mass is 10.1. The zero-order chi connectivity index (χ0) is 22.8. The van der Waals surface area contributed by atoms with Crippen molar-refractivity contribution in [2.24, 2.45) is 7.05 Å². The fraction of sp³-hybridized carbons (Fsp3) is 0.200. The number of ether oxygens (including phenoxy) is 1. The van der Waals surface area contributed by atoms with Gasteiger partial charge in [-0.15, -0.1) is 0 Å². The van der Waals surface area contributed by atoms with Crippen molar-refractivity contribution < 1.29 is 14.3 Å². The van der Waals surface area contributed by atoms with Crippen LogP contribution in [-0.4, -0.2) is 32.7 Å². The Hall–Kier alpha value is -4.00. The summed E-state index contributed by atoms with van der Waals surface area (Å²) in [5.74, 6) is -1.04. The maximum absolute atomic E-state index is 12.8. The fourth-order valence-electron chi connectivity index (χ4n) is 3.82. The number of carbonyl (C=O) groups excluding carboxylic acids is 2. The molecule has 0 aliphatic carbocycles. The zero-order valence-electron chi connectivity index (χ0n) is 18.2. The topological polar surface area (TPSA) is 83.2 Å². The molecule has 0 amide bonds. The maximum atomic E-state index is 12.8. The SMILES string of the molecule is Cc1cc(C(=O)COC(=O)c2nn(C)c(=O)c3ccccc23)c(C)n1Cc1ccccc1. The zero-order valence-corrected chi connectivity index (χ0v) is 18.2. The number of nitrogens with zero attached hydrogens (tertiary/aromatic N) is 3. The van der Waals surface area contributed by atoms with Crippen LogP contribution in [0.25, 0.3) is 10.8 Å². The van der Waals surface area contributed by atoms with Crippen LogP contribution in [0.5, 0.6) is 0 Å². The molecule has 0 bridgehead atoms. The number of benzene rings is 2. The molecule has 2 heterocycles. The molecule has 2 aromatic carbocycles. The molecule has 0 radical (unpaired) electrons. The number of fused-ring (bicyclic) bond motifs is 1. The average molecular weight is 429 g/mol. The third-order valence-electron chi connectivity index (χ3n) is 5.54. The highest BCUT2D eigenvalue weighted by Gasteiger charge is 2.21. The molecule has 4 rings (SSSR count). The molecule has 0 spiro atoms. The predicted octanol–water partition coefficient (Wildman–Crippen LogP) is 3.44. The Labute approximate surface area is 184 Å². The first-order valence-corrected chi connectivity index (χ1v) is 10.2. The van der Waals surface area contributed by atoms with E-state index in [-0.39, 0.29) is 17.0 Å². The first kappa shape index (κ1) is 21.2. The van der Waals surface area contributed by atoms with E-state index in [0.29, 0.717) is 22.9 Å². The van der Waals surface area contributed by atoms with Gasteiger partial charge in [-0.3, -0.25) is 9.59 Å². The van der Waals surface area contributed by atoms with Crippen LogP contribution in [0.1, 0.15) is 37.8 Å². The highest BCUT2D eigenvalue weighted by Crippen LogP contribution is 2.19. The Morgan fingerprint density at radius 1 is 0.969 bits per heavy atom. The minimum Gasteiger partial charge on any atom is -0.452 e. The van der Waals surface area contributed by atoms with Crippen LogP contribution >= 0.6 is 0 Å². The Morgan fingerprint density at radius 3 is 2.34 bits per heavy atom. The first-order chi connectivity index (χ1) is 15.4. The van der Waals surface area contributed by atoms with E-state index in [2.05, 4.69) is 9.67 Å². The molecule has 0 unspecified atom stereocenters. The average Bonchev–Trinajstić information content (AvgIpc) is 3.08. The molecular weight excluding hydrogens is 406 g/mol. The lowest BCUT2D eigenvalue weighted by molar-refractivity contribution is 0.0468. The number of hydrogen-bond acceptors (Lipinski definition) is 5. The van der Waals surface area contributed by atoms with Crippen molar-refractivity contribution in [3.8, 4) is 0 Å². The molecule has 0 fully saturated rings. The lowest BCUT2D eigenvalue weighted by Crippen LogP contribution is -2.24. The van der Waals surface area contributed by atoms with E-state index in [0.717, 1.165) is 21.6 Å². The summed E-state index contributed by atoms with van der Waals surface area (Å²) in [5.41, 5.74) is 3.12. The smallest absolute Gasteiger partial charge is 0.359 e. The number of esters is 1. The third kappa shape index (κ3) is 3.97. The van der Waals surface area contributed by atoms with Gasteiger partial charge in [0.15, 0.2) is 12.3 Å². The molecule has 7 nitrogen and oxygen atoms in total. The van der Waals surface area contributed by atoms with Crippen LogP contribution in [-0.2, 0) is 18.3 Å². The van der Waals surface area contributed by atoms with E-state index >= 15 is 0 Å². The number of carbonyl (C=O) groups is 2. The van der Waals surface area contributed by atoms with Crippen molar-refractivity contribution in [2.75, 3.05) is 6.61 Å². The highest BCUT2D eigenvalue weighted by molar-refractivity contribution is 6.04. The summed E-state index contributed by atoms with van der Waals surface area (Å²) in [6.45, 7) is 4.07. The van der Waals surface area contributed by atoms with Crippen molar-refractivity contribution in [3.63, 3.8) is 0 Å². The number of aromatic nitrogens is 3. The molecule has 0 N–H and O–H groups in total. The summed E-state index contributed by atoms with van der Waals surface area (Å²) >= 11 is 0. The number of rotatable bonds is 6. The quantitative estimate of drug-likeness (QED) is 0.346. The molecule has 0 aliphatic rings. The van der Waals surface area contributed by atoms with Gasteiger partial charge in [-0.25, -0.2) is 9.48 Å². The summed E-state index contributed by atoms with van der Waals surface area (Å²) < 4.78 is 8.45. The molecule has 162 valence electrons. The fourth-order valence-corrected chi connectivity index (χ4v) is 3.82. The largest absolute Gasteiger partial charge is 0.452 e. The van der Waals surface area contributed by atoms with Gasteiger partial charge in [0.25, 0.3) is 5.56 Å². The predicted molar refractivity (Wildman–Crippen MR) is 121 cm³/mol. The van der Waals surface area contributed by atoms with E-state index in [1.165, 1.54) is 7.05 Å². The van der Waals surface area contributed by atoms with Gasteiger partial charge in [0.2, 0.25) is 5.78 Å². The second-order valence-corrected chi connectivity index (χ2v) is 7.68. The van der Waals surface area contributed by atoms with Crippen molar-refractivity contribution in [1.29, 1.82) is 0 Å². The van der Waals surface area contributed by atoms with Gasteiger partial charge in [-0.05, 0) is 31.5 Å². The van der Waals surface area contributed by atoms with Crippen LogP contribution in [0, 0.1) is 13.8 Å². The third-order valence-corrected chi connectivity index (χ3v) is 5.54. The molecule has 0 atom stereocenters. The summed E-state index contributed by atoms with van der Waals surface area (Å²) in [6, 6.07) is 18.5. The van der Waals surface area contributed by atoms with E-state index < -0.39 is 12.6 Å². The number of aryl methyl sites for hydroxylation is 2. The molecule has 0 saturated carbocycles. The number of Topliss-reactive ketones (excluding diaryl/α,β-unsaturated/α-hetero) is 1. The second kappa shape index (κ2) is 8.63. The van der Waals surface area contributed by atoms with Gasteiger partial charge < -0.3 is 9.30 Å². The van der Waals surface area contributed by atoms with E-state index in [4.69, 9.17) is 4.74 Å². The van der Waals surface area contributed by atoms with Gasteiger partial charge >= 0.3 is 5.97 Å². The van der Waals surface area contributed by atoms with Gasteiger partial charge in [0, 0.05) is 35.9 Å². The monoisotopic (exact) mass is 429 g/mol. The van der Waals surface area contributed by atoms with Crippen molar-refractivity contribution in [2.45, 2.75) is 20.4 Å². The van der Waals surface area contributed by atoms with Crippen LogP contribution in [0.3, 0.4) is 0 Å². The highest BCUT2D eigenvalue weighted by atomic mass is 16.5. The Bertz CT molecular complexity index is 1380. The molecule has 7 heteroatoms. The van der Waals surface area contributed by atoms with Gasteiger partial charge in [-0.2, -0.15) is 5.10 Å². The molecule has 0 aliphatic heterocycles. The number of ketones is 1. The van der Waals surface area contributed by atoms with Crippen molar-refractivity contribution in [3.05, 3.63) is 99.2 Å². The van der Waals surface area contributed by atoms with E-state index in [9.17, 15) is 14.4 Å². The Kier molecular flexibility index (Phi) is 5.73. The standard InChI is InChI=1S/C25H23N3O4/c1-16-13-21(17(2)28(16)14-18-9-5-4-6-10-18)22(29)15-32-25(31)23-19-11-7-8-12-20(19)24(30)27(3)26-23/h4-13H,14-15H2,1-3H3. The second-order valence-electron chi connectivity index (χ2n) is 7.68. The summed E-state index contributed by atoms with van der Waals surface area (Å²) in [6.07, 6.45) is 0. The molecule has 4 aromatic rings. The Balaban J connectivity index is 1.53. The van der Waals surface area contributed by atoms with E-state index in [1.807, 2.05) is 50.2 Å². The van der Waals surface area contributed by atoms with Crippen LogP contribution in [0.2, 0.25) is 0 Å². The maximum Gasteiger partial charge on any atom is 0.359 e. The van der Waals surface area contributed by atoms with Gasteiger partial charge in [0.05, 0.1) is 5.39 Å². The Morgan fingerprint density at radius 2 is 1.62 bits per heavy atom. The number of hydrogen-bond donors (Lipinski definition) is 0. The summed E-state index contributed by atoms with van der Waals surface area (Å²) in [4.78, 5) is 37.8. The molecule has 2 aromatic heterocycles. The normalized spacial score (nSPS) is 11.0. The van der Waals surface area contributed by atoms with Crippen molar-refractivity contribution >= 4 is 22.5 Å². The first-order valence-electron chi connectivity index (χ1n) is 10.2. The summed E-state index contributed by atoms with van der Waals surface area (Å²) in [7, 11) is 1.47. The molecular formula is C25H23N3O4. The van der Waals surface area contributed by atoms with Crippen molar-refractivity contribution in [1.82, 2.24) is 14.3 Å². The minimum absolute atomic E-state index is 0.00468. The minimum atomic E-state index is -0.747. The lowest BCUT2D eigenvalue weighted by Gasteiger charge is -2.10. The molecule has 32 heavy (non-hydrogen) atoms. The van der Waals surface area contributed by atoms with Crippen LogP contribution < -0.4 is 5.56 Å². The van der Waals surface area contributed by atoms with E-state index in [1.54, 1.807) is 24.3 Å². The van der Waals surface area contributed by atoms with Gasteiger partial charge in [0.1, 0.15) is 0 Å². The van der Waals surface area contributed by atoms with Crippen LogP contribution in [0.4, 0.5) is 0 Å².